The zero-order chi connectivity index (χ0) is 13.4. The Morgan fingerprint density at radius 2 is 2.32 bits per heavy atom. The number of amides is 1. The van der Waals surface area contributed by atoms with Crippen LogP contribution in [0.1, 0.15) is 48.4 Å². The van der Waals surface area contributed by atoms with Crippen LogP contribution >= 0.6 is 0 Å². The van der Waals surface area contributed by atoms with Crippen molar-refractivity contribution in [3.05, 3.63) is 17.5 Å². The first-order valence-electron chi connectivity index (χ1n) is 7.13. The van der Waals surface area contributed by atoms with Crippen LogP contribution in [0.3, 0.4) is 0 Å². The minimum absolute atomic E-state index is 0.102. The number of rotatable bonds is 4. The first kappa shape index (κ1) is 12.7. The summed E-state index contributed by atoms with van der Waals surface area (Å²) in [6.45, 7) is 4.13. The second-order valence-electron chi connectivity index (χ2n) is 5.86. The maximum atomic E-state index is 12.2. The maximum absolute atomic E-state index is 12.2. The van der Waals surface area contributed by atoms with E-state index >= 15 is 0 Å². The van der Waals surface area contributed by atoms with Gasteiger partial charge in [-0.25, -0.2) is 0 Å². The molecule has 1 saturated heterocycles. The van der Waals surface area contributed by atoms with Crippen LogP contribution in [0.2, 0.25) is 0 Å². The average molecular weight is 263 g/mol. The Balaban J connectivity index is 1.63. The maximum Gasteiger partial charge on any atom is 0.273 e. The molecular weight excluding hydrogens is 242 g/mol. The predicted molar refractivity (Wildman–Crippen MR) is 71.0 cm³/mol. The molecule has 5 nitrogen and oxygen atoms in total. The Bertz CT molecular complexity index is 467. The van der Waals surface area contributed by atoms with Gasteiger partial charge in [-0.3, -0.25) is 4.79 Å². The summed E-state index contributed by atoms with van der Waals surface area (Å²) < 4.78 is 5.23. The molecule has 2 fully saturated rings. The minimum atomic E-state index is -0.102. The third-order valence-electron chi connectivity index (χ3n) is 4.21. The summed E-state index contributed by atoms with van der Waals surface area (Å²) in [6, 6.07) is 2.02. The zero-order valence-corrected chi connectivity index (χ0v) is 11.6. The van der Waals surface area contributed by atoms with E-state index in [0.717, 1.165) is 38.1 Å². The second-order valence-corrected chi connectivity index (χ2v) is 5.86. The van der Waals surface area contributed by atoms with Gasteiger partial charge in [0.15, 0.2) is 5.69 Å². The number of nitrogens with one attached hydrogen (secondary N) is 1. The number of carbonyl (C=O) groups is 1. The minimum Gasteiger partial charge on any atom is -0.360 e. The standard InChI is InChI=1S/C14H21N3O2/c1-3-9-7-17(2)8-12(9)15-14(18)11-6-13(19-16-11)10-4-5-10/h6,9-10,12H,3-5,7-8H2,1-2H3,(H,15,18)/t9-,12+/m1/s1. The van der Waals surface area contributed by atoms with E-state index < -0.39 is 0 Å². The van der Waals surface area contributed by atoms with E-state index in [1.807, 2.05) is 0 Å². The SMILES string of the molecule is CC[C@@H]1CN(C)C[C@@H]1NC(=O)c1cc(C2CC2)on1. The predicted octanol–water partition coefficient (Wildman–Crippen LogP) is 1.62. The first-order chi connectivity index (χ1) is 9.17. The second kappa shape index (κ2) is 4.96. The van der Waals surface area contributed by atoms with Gasteiger partial charge in [-0.05, 0) is 25.8 Å². The molecule has 1 aromatic rings. The van der Waals surface area contributed by atoms with Gasteiger partial charge in [-0.15, -0.1) is 0 Å². The lowest BCUT2D eigenvalue weighted by Gasteiger charge is -2.17. The molecule has 0 radical (unpaired) electrons. The molecule has 19 heavy (non-hydrogen) atoms. The Morgan fingerprint density at radius 3 is 3.00 bits per heavy atom. The summed E-state index contributed by atoms with van der Waals surface area (Å²) in [6.07, 6.45) is 3.39. The topological polar surface area (TPSA) is 58.4 Å². The molecule has 1 aliphatic heterocycles. The van der Waals surface area contributed by atoms with Crippen LogP contribution in [0.4, 0.5) is 0 Å². The number of likely N-dealkylation sites (tertiary alicyclic amines) is 1. The van der Waals surface area contributed by atoms with Gasteiger partial charge in [0.1, 0.15) is 5.76 Å². The van der Waals surface area contributed by atoms with Crippen molar-refractivity contribution in [3.8, 4) is 0 Å². The molecule has 1 aromatic heterocycles. The van der Waals surface area contributed by atoms with E-state index in [4.69, 9.17) is 4.52 Å². The molecule has 2 aliphatic rings. The molecule has 1 aliphatic carbocycles. The normalized spacial score (nSPS) is 27.7. The van der Waals surface area contributed by atoms with Crippen LogP contribution in [-0.4, -0.2) is 42.1 Å². The first-order valence-corrected chi connectivity index (χ1v) is 7.13. The smallest absolute Gasteiger partial charge is 0.273 e. The van der Waals surface area contributed by atoms with E-state index in [2.05, 4.69) is 29.3 Å². The van der Waals surface area contributed by atoms with Gasteiger partial charge >= 0.3 is 0 Å². The fourth-order valence-electron chi connectivity index (χ4n) is 2.86. The summed E-state index contributed by atoms with van der Waals surface area (Å²) in [5, 5.41) is 6.98. The van der Waals surface area contributed by atoms with Crippen LogP contribution in [0.5, 0.6) is 0 Å². The molecule has 0 unspecified atom stereocenters. The summed E-state index contributed by atoms with van der Waals surface area (Å²) >= 11 is 0. The lowest BCUT2D eigenvalue weighted by Crippen LogP contribution is -2.40. The van der Waals surface area contributed by atoms with Crippen molar-refractivity contribution in [1.29, 1.82) is 0 Å². The van der Waals surface area contributed by atoms with Gasteiger partial charge in [0.25, 0.3) is 5.91 Å². The van der Waals surface area contributed by atoms with E-state index in [0.29, 0.717) is 17.5 Å². The van der Waals surface area contributed by atoms with Crippen LogP contribution in [0, 0.1) is 5.92 Å². The number of carbonyl (C=O) groups excluding carboxylic acids is 1. The fraction of sp³-hybridized carbons (Fsp3) is 0.714. The molecule has 0 spiro atoms. The molecule has 0 bridgehead atoms. The van der Waals surface area contributed by atoms with Gasteiger partial charge < -0.3 is 14.7 Å². The van der Waals surface area contributed by atoms with Crippen molar-refractivity contribution in [3.63, 3.8) is 0 Å². The Hall–Kier alpha value is -1.36. The van der Waals surface area contributed by atoms with Gasteiger partial charge in [-0.1, -0.05) is 18.5 Å². The number of aromatic nitrogens is 1. The van der Waals surface area contributed by atoms with Crippen molar-refractivity contribution < 1.29 is 9.32 Å². The molecule has 2 atom stereocenters. The van der Waals surface area contributed by atoms with Crippen molar-refractivity contribution in [2.75, 3.05) is 20.1 Å². The fourth-order valence-corrected chi connectivity index (χ4v) is 2.86. The lowest BCUT2D eigenvalue weighted by molar-refractivity contribution is 0.0921. The molecule has 2 heterocycles. The molecular formula is C14H21N3O2. The Morgan fingerprint density at radius 1 is 1.53 bits per heavy atom. The number of hydrogen-bond donors (Lipinski definition) is 1. The van der Waals surface area contributed by atoms with Crippen molar-refractivity contribution >= 4 is 5.91 Å². The molecule has 1 saturated carbocycles. The average Bonchev–Trinajstić information content (AvgIpc) is 3.00. The molecule has 1 N–H and O–H groups in total. The monoisotopic (exact) mass is 263 g/mol. The molecule has 0 aromatic carbocycles. The zero-order valence-electron chi connectivity index (χ0n) is 11.6. The largest absolute Gasteiger partial charge is 0.360 e. The van der Waals surface area contributed by atoms with Crippen LogP contribution in [-0.2, 0) is 0 Å². The van der Waals surface area contributed by atoms with E-state index in [-0.39, 0.29) is 11.9 Å². The molecule has 104 valence electrons. The van der Waals surface area contributed by atoms with Crippen LogP contribution in [0.15, 0.2) is 10.6 Å². The highest BCUT2D eigenvalue weighted by molar-refractivity contribution is 5.92. The number of likely N-dealkylation sites (N-methyl/N-ethyl adjacent to an activating group) is 1. The molecule has 1 amide bonds. The van der Waals surface area contributed by atoms with Crippen molar-refractivity contribution in [2.24, 2.45) is 5.92 Å². The summed E-state index contributed by atoms with van der Waals surface area (Å²) in [4.78, 5) is 14.4. The third-order valence-corrected chi connectivity index (χ3v) is 4.21. The quantitative estimate of drug-likeness (QED) is 0.897. The van der Waals surface area contributed by atoms with Crippen molar-refractivity contribution in [1.82, 2.24) is 15.4 Å². The third kappa shape index (κ3) is 2.66. The highest BCUT2D eigenvalue weighted by Crippen LogP contribution is 2.40. The van der Waals surface area contributed by atoms with Gasteiger partial charge in [-0.2, -0.15) is 0 Å². The molecule has 3 rings (SSSR count). The number of hydrogen-bond acceptors (Lipinski definition) is 4. The van der Waals surface area contributed by atoms with E-state index in [9.17, 15) is 4.79 Å². The van der Waals surface area contributed by atoms with E-state index in [1.54, 1.807) is 6.07 Å². The summed E-state index contributed by atoms with van der Waals surface area (Å²) in [5.41, 5.74) is 0.423. The highest BCUT2D eigenvalue weighted by Gasteiger charge is 2.32. The Kier molecular flexibility index (Phi) is 3.31. The lowest BCUT2D eigenvalue weighted by atomic mass is 10.0. The van der Waals surface area contributed by atoms with Crippen LogP contribution < -0.4 is 5.32 Å². The van der Waals surface area contributed by atoms with Crippen LogP contribution in [0.25, 0.3) is 0 Å². The van der Waals surface area contributed by atoms with E-state index in [1.165, 1.54) is 0 Å². The summed E-state index contributed by atoms with van der Waals surface area (Å²) in [7, 11) is 2.09. The molecule has 5 heteroatoms. The van der Waals surface area contributed by atoms with Crippen molar-refractivity contribution in [2.45, 2.75) is 38.1 Å². The van der Waals surface area contributed by atoms with Gasteiger partial charge in [0.05, 0.1) is 0 Å². The number of nitrogens with zero attached hydrogens (tertiary/aromatic N) is 2. The van der Waals surface area contributed by atoms with Gasteiger partial charge in [0, 0.05) is 31.1 Å². The highest BCUT2D eigenvalue weighted by atomic mass is 16.5. The Labute approximate surface area is 113 Å². The summed E-state index contributed by atoms with van der Waals surface area (Å²) in [5.74, 6) is 1.79. The van der Waals surface area contributed by atoms with Gasteiger partial charge in [0.2, 0.25) is 0 Å².